The third-order valence-electron chi connectivity index (χ3n) is 3.72. The molecular weight excluding hydrogens is 303 g/mol. The van der Waals surface area contributed by atoms with E-state index >= 15 is 0 Å². The molecule has 0 N–H and O–H groups in total. The normalized spacial score (nSPS) is 12.0. The van der Waals surface area contributed by atoms with Crippen molar-refractivity contribution in [3.05, 3.63) is 53.9 Å². The zero-order valence-electron chi connectivity index (χ0n) is 13.3. The van der Waals surface area contributed by atoms with E-state index in [0.29, 0.717) is 6.54 Å². The minimum atomic E-state index is -4.26. The van der Waals surface area contributed by atoms with Crippen LogP contribution in [0.5, 0.6) is 0 Å². The highest BCUT2D eigenvalue weighted by Crippen LogP contribution is 2.29. The van der Waals surface area contributed by atoms with Crippen molar-refractivity contribution < 1.29 is 13.2 Å². The molecule has 126 valence electrons. The van der Waals surface area contributed by atoms with E-state index in [1.54, 1.807) is 18.3 Å². The van der Waals surface area contributed by atoms with Crippen LogP contribution in [-0.4, -0.2) is 28.3 Å². The second kappa shape index (κ2) is 8.15. The zero-order valence-corrected chi connectivity index (χ0v) is 13.3. The van der Waals surface area contributed by atoms with Crippen LogP contribution < -0.4 is 0 Å². The van der Waals surface area contributed by atoms with Gasteiger partial charge in [-0.1, -0.05) is 18.6 Å². The van der Waals surface area contributed by atoms with E-state index in [9.17, 15) is 13.2 Å². The Labute approximate surface area is 134 Å². The number of unbranched alkanes of at least 4 members (excludes halogenated alkanes) is 2. The van der Waals surface area contributed by atoms with Crippen LogP contribution in [0.2, 0.25) is 0 Å². The van der Waals surface area contributed by atoms with Gasteiger partial charge in [-0.05, 0) is 50.2 Å². The number of benzene rings is 1. The molecule has 1 heterocycles. The Hall–Kier alpha value is -1.82. The molecule has 0 unspecified atom stereocenters. The van der Waals surface area contributed by atoms with Gasteiger partial charge in [-0.2, -0.15) is 18.3 Å². The number of hydrogen-bond donors (Lipinski definition) is 0. The van der Waals surface area contributed by atoms with E-state index in [2.05, 4.69) is 10.00 Å². The lowest BCUT2D eigenvalue weighted by molar-refractivity contribution is -0.137. The minimum Gasteiger partial charge on any atom is -0.302 e. The SMILES string of the molecule is CN(CCCCCn1cccn1)Cc1ccc(C(F)(F)F)cc1. The molecule has 0 saturated carbocycles. The fourth-order valence-electron chi connectivity index (χ4n) is 2.45. The molecule has 0 bridgehead atoms. The Morgan fingerprint density at radius 1 is 1.09 bits per heavy atom. The Kier molecular flexibility index (Phi) is 6.21. The van der Waals surface area contributed by atoms with Crippen molar-refractivity contribution in [3.63, 3.8) is 0 Å². The highest BCUT2D eigenvalue weighted by molar-refractivity contribution is 5.24. The van der Waals surface area contributed by atoms with Crippen LogP contribution in [0.4, 0.5) is 13.2 Å². The summed E-state index contributed by atoms with van der Waals surface area (Å²) in [5, 5.41) is 4.16. The lowest BCUT2D eigenvalue weighted by atomic mass is 10.1. The van der Waals surface area contributed by atoms with Gasteiger partial charge in [-0.3, -0.25) is 4.68 Å². The molecule has 2 rings (SSSR count). The summed E-state index contributed by atoms with van der Waals surface area (Å²) in [6, 6.07) is 7.31. The summed E-state index contributed by atoms with van der Waals surface area (Å²) < 4.78 is 39.4. The maximum absolute atomic E-state index is 12.5. The fraction of sp³-hybridized carbons (Fsp3) is 0.471. The van der Waals surface area contributed by atoms with Crippen LogP contribution in [0.3, 0.4) is 0 Å². The second-order valence-electron chi connectivity index (χ2n) is 5.76. The summed E-state index contributed by atoms with van der Waals surface area (Å²) in [7, 11) is 1.99. The number of halogens is 3. The molecule has 1 aromatic carbocycles. The van der Waals surface area contributed by atoms with E-state index < -0.39 is 11.7 Å². The van der Waals surface area contributed by atoms with Gasteiger partial charge in [0.05, 0.1) is 5.56 Å². The van der Waals surface area contributed by atoms with Crippen LogP contribution in [0, 0.1) is 0 Å². The summed E-state index contributed by atoms with van der Waals surface area (Å²) in [4.78, 5) is 2.14. The third-order valence-corrected chi connectivity index (χ3v) is 3.72. The number of aryl methyl sites for hydroxylation is 1. The summed E-state index contributed by atoms with van der Waals surface area (Å²) in [6.07, 6.45) is 2.72. The molecule has 23 heavy (non-hydrogen) atoms. The molecule has 2 aromatic rings. The number of rotatable bonds is 8. The van der Waals surface area contributed by atoms with Crippen molar-refractivity contribution in [2.24, 2.45) is 0 Å². The Bertz CT molecular complexity index is 562. The molecule has 0 fully saturated rings. The Balaban J connectivity index is 1.65. The first-order valence-corrected chi connectivity index (χ1v) is 7.77. The first-order valence-electron chi connectivity index (χ1n) is 7.77. The molecule has 1 aromatic heterocycles. The van der Waals surface area contributed by atoms with Crippen molar-refractivity contribution in [1.29, 1.82) is 0 Å². The van der Waals surface area contributed by atoms with Gasteiger partial charge in [0.1, 0.15) is 0 Å². The first-order chi connectivity index (χ1) is 10.9. The van der Waals surface area contributed by atoms with Crippen LogP contribution in [0.15, 0.2) is 42.7 Å². The largest absolute Gasteiger partial charge is 0.416 e. The molecular formula is C17H22F3N3. The van der Waals surface area contributed by atoms with Crippen molar-refractivity contribution in [2.75, 3.05) is 13.6 Å². The zero-order chi connectivity index (χ0) is 16.7. The summed E-state index contributed by atoms with van der Waals surface area (Å²) in [5.41, 5.74) is 0.305. The number of aromatic nitrogens is 2. The van der Waals surface area contributed by atoms with Gasteiger partial charge in [0.25, 0.3) is 0 Å². The van der Waals surface area contributed by atoms with Gasteiger partial charge < -0.3 is 4.90 Å². The monoisotopic (exact) mass is 325 g/mol. The first kappa shape index (κ1) is 17.5. The standard InChI is InChI=1S/C17H22F3N3/c1-22(11-3-2-4-12-23-13-5-10-21-23)14-15-6-8-16(9-7-15)17(18,19)20/h5-10,13H,2-4,11-12,14H2,1H3. The van der Waals surface area contributed by atoms with Gasteiger partial charge >= 0.3 is 6.18 Å². The molecule has 0 aliphatic carbocycles. The molecule has 6 heteroatoms. The van der Waals surface area contributed by atoms with Crippen molar-refractivity contribution >= 4 is 0 Å². The molecule has 0 aliphatic rings. The lowest BCUT2D eigenvalue weighted by Crippen LogP contribution is -2.19. The molecule has 0 radical (unpaired) electrons. The molecule has 3 nitrogen and oxygen atoms in total. The van der Waals surface area contributed by atoms with Gasteiger partial charge in [0.2, 0.25) is 0 Å². The van der Waals surface area contributed by atoms with Gasteiger partial charge in [0.15, 0.2) is 0 Å². The van der Waals surface area contributed by atoms with Crippen LogP contribution >= 0.6 is 0 Å². The van der Waals surface area contributed by atoms with E-state index in [1.165, 1.54) is 0 Å². The van der Waals surface area contributed by atoms with Crippen LogP contribution in [0.1, 0.15) is 30.4 Å². The topological polar surface area (TPSA) is 21.1 Å². The summed E-state index contributed by atoms with van der Waals surface area (Å²) in [6.45, 7) is 2.52. The highest BCUT2D eigenvalue weighted by atomic mass is 19.4. The quantitative estimate of drug-likeness (QED) is 0.678. The highest BCUT2D eigenvalue weighted by Gasteiger charge is 2.29. The second-order valence-corrected chi connectivity index (χ2v) is 5.76. The number of alkyl halides is 3. The Morgan fingerprint density at radius 3 is 2.43 bits per heavy atom. The number of hydrogen-bond acceptors (Lipinski definition) is 2. The molecule has 0 atom stereocenters. The van der Waals surface area contributed by atoms with Gasteiger partial charge in [-0.15, -0.1) is 0 Å². The summed E-state index contributed by atoms with van der Waals surface area (Å²) in [5.74, 6) is 0. The average molecular weight is 325 g/mol. The smallest absolute Gasteiger partial charge is 0.302 e. The van der Waals surface area contributed by atoms with Crippen molar-refractivity contribution in [3.8, 4) is 0 Å². The minimum absolute atomic E-state index is 0.595. The summed E-state index contributed by atoms with van der Waals surface area (Å²) >= 11 is 0. The van der Waals surface area contributed by atoms with Crippen molar-refractivity contribution in [1.82, 2.24) is 14.7 Å². The third kappa shape index (κ3) is 6.06. The van der Waals surface area contributed by atoms with E-state index in [-0.39, 0.29) is 0 Å². The fourth-order valence-corrected chi connectivity index (χ4v) is 2.45. The molecule has 0 spiro atoms. The van der Waals surface area contributed by atoms with Gasteiger partial charge in [0, 0.05) is 25.5 Å². The van der Waals surface area contributed by atoms with Crippen molar-refractivity contribution in [2.45, 2.75) is 38.5 Å². The van der Waals surface area contributed by atoms with Gasteiger partial charge in [-0.25, -0.2) is 0 Å². The Morgan fingerprint density at radius 2 is 1.83 bits per heavy atom. The predicted octanol–water partition coefficient (Wildman–Crippen LogP) is 4.20. The van der Waals surface area contributed by atoms with E-state index in [1.807, 2.05) is 24.0 Å². The molecule has 0 aliphatic heterocycles. The number of nitrogens with zero attached hydrogens (tertiary/aromatic N) is 3. The molecule has 0 amide bonds. The van der Waals surface area contributed by atoms with E-state index in [4.69, 9.17) is 0 Å². The molecule has 0 saturated heterocycles. The lowest BCUT2D eigenvalue weighted by Gasteiger charge is -2.17. The van der Waals surface area contributed by atoms with E-state index in [0.717, 1.165) is 50.0 Å². The maximum Gasteiger partial charge on any atom is 0.416 e. The van der Waals surface area contributed by atoms with Crippen LogP contribution in [0.25, 0.3) is 0 Å². The average Bonchev–Trinajstić information content (AvgIpc) is 3.00. The maximum atomic E-state index is 12.5. The van der Waals surface area contributed by atoms with Crippen LogP contribution in [-0.2, 0) is 19.3 Å². The predicted molar refractivity (Wildman–Crippen MR) is 83.9 cm³/mol.